The summed E-state index contributed by atoms with van der Waals surface area (Å²) in [5.74, 6) is 0.472. The predicted molar refractivity (Wildman–Crippen MR) is 109 cm³/mol. The van der Waals surface area contributed by atoms with Crippen molar-refractivity contribution in [2.75, 3.05) is 5.32 Å². The lowest BCUT2D eigenvalue weighted by atomic mass is 10.0. The SMILES string of the molecule is Cc1nc(NC(=O)C2=CC=C(c3ccc(C(F)(F)F)cc3)C2)nc(-c2ccccn2)n1. The number of halogens is 3. The first kappa shape index (κ1) is 20.4. The number of carbonyl (C=O) groups is 1. The van der Waals surface area contributed by atoms with Crippen molar-refractivity contribution >= 4 is 17.4 Å². The van der Waals surface area contributed by atoms with Crippen molar-refractivity contribution in [3.8, 4) is 11.5 Å². The Kier molecular flexibility index (Phi) is 5.33. The zero-order valence-corrected chi connectivity index (χ0v) is 16.3. The van der Waals surface area contributed by atoms with Gasteiger partial charge in [0.25, 0.3) is 5.91 Å². The normalized spacial score (nSPS) is 13.5. The van der Waals surface area contributed by atoms with Crippen LogP contribution in [0.2, 0.25) is 0 Å². The van der Waals surface area contributed by atoms with Crippen LogP contribution in [-0.4, -0.2) is 25.8 Å². The minimum absolute atomic E-state index is 0.0991. The number of allylic oxidation sites excluding steroid dienone is 3. The van der Waals surface area contributed by atoms with Gasteiger partial charge in [0.05, 0.1) is 5.56 Å². The van der Waals surface area contributed by atoms with E-state index in [1.165, 1.54) is 12.1 Å². The Balaban J connectivity index is 1.45. The number of amides is 1. The van der Waals surface area contributed by atoms with Crippen LogP contribution < -0.4 is 5.32 Å². The van der Waals surface area contributed by atoms with Crippen LogP contribution in [0.4, 0.5) is 19.1 Å². The molecule has 0 aliphatic heterocycles. The molecule has 1 aliphatic rings. The fourth-order valence-electron chi connectivity index (χ4n) is 3.08. The zero-order chi connectivity index (χ0) is 22.0. The van der Waals surface area contributed by atoms with E-state index in [-0.39, 0.29) is 12.4 Å². The van der Waals surface area contributed by atoms with Crippen LogP contribution in [0.1, 0.15) is 23.4 Å². The molecular weight excluding hydrogens is 407 g/mol. The molecule has 1 aliphatic carbocycles. The molecule has 156 valence electrons. The van der Waals surface area contributed by atoms with Crippen molar-refractivity contribution in [2.24, 2.45) is 0 Å². The van der Waals surface area contributed by atoms with Gasteiger partial charge in [0.2, 0.25) is 5.95 Å². The minimum Gasteiger partial charge on any atom is -0.291 e. The van der Waals surface area contributed by atoms with Crippen molar-refractivity contribution in [1.82, 2.24) is 19.9 Å². The molecule has 31 heavy (non-hydrogen) atoms. The maximum absolute atomic E-state index is 12.7. The molecule has 2 heterocycles. The maximum atomic E-state index is 12.7. The number of rotatable bonds is 4. The Bertz CT molecular complexity index is 1190. The van der Waals surface area contributed by atoms with E-state index in [4.69, 9.17) is 0 Å². The molecule has 0 radical (unpaired) electrons. The van der Waals surface area contributed by atoms with Crippen LogP contribution in [0.5, 0.6) is 0 Å². The molecule has 0 saturated carbocycles. The topological polar surface area (TPSA) is 80.7 Å². The highest BCUT2D eigenvalue weighted by Gasteiger charge is 2.30. The summed E-state index contributed by atoms with van der Waals surface area (Å²) in [7, 11) is 0. The molecule has 1 aromatic carbocycles. The van der Waals surface area contributed by atoms with Crippen molar-refractivity contribution in [3.05, 3.63) is 83.3 Å². The summed E-state index contributed by atoms with van der Waals surface area (Å²) in [6.45, 7) is 1.68. The summed E-state index contributed by atoms with van der Waals surface area (Å²) in [5.41, 5.74) is 1.66. The van der Waals surface area contributed by atoms with Gasteiger partial charge in [-0.25, -0.2) is 4.98 Å². The Morgan fingerprint density at radius 2 is 1.77 bits per heavy atom. The van der Waals surface area contributed by atoms with Gasteiger partial charge < -0.3 is 0 Å². The average molecular weight is 423 g/mol. The molecule has 4 rings (SSSR count). The third-order valence-corrected chi connectivity index (χ3v) is 4.61. The molecule has 1 N–H and O–H groups in total. The smallest absolute Gasteiger partial charge is 0.291 e. The van der Waals surface area contributed by atoms with Gasteiger partial charge in [0.1, 0.15) is 11.5 Å². The fraction of sp³-hybridized carbons (Fsp3) is 0.136. The molecule has 0 spiro atoms. The van der Waals surface area contributed by atoms with E-state index in [1.54, 1.807) is 43.5 Å². The first-order valence-corrected chi connectivity index (χ1v) is 9.32. The molecule has 0 atom stereocenters. The fourth-order valence-corrected chi connectivity index (χ4v) is 3.08. The predicted octanol–water partition coefficient (Wildman–Crippen LogP) is 4.61. The second-order valence-corrected chi connectivity index (χ2v) is 6.83. The number of hydrogen-bond donors (Lipinski definition) is 1. The minimum atomic E-state index is -4.39. The second kappa shape index (κ2) is 8.10. The van der Waals surface area contributed by atoms with Crippen LogP contribution in [-0.2, 0) is 11.0 Å². The Hall–Kier alpha value is -3.88. The Morgan fingerprint density at radius 3 is 2.45 bits per heavy atom. The van der Waals surface area contributed by atoms with Crippen LogP contribution in [0.25, 0.3) is 17.1 Å². The van der Waals surface area contributed by atoms with Gasteiger partial charge in [0, 0.05) is 18.2 Å². The number of nitrogens with zero attached hydrogens (tertiary/aromatic N) is 4. The molecule has 6 nitrogen and oxygen atoms in total. The van der Waals surface area contributed by atoms with Gasteiger partial charge in [0.15, 0.2) is 5.82 Å². The highest BCUT2D eigenvalue weighted by molar-refractivity contribution is 6.06. The standard InChI is InChI=1S/C22H16F3N5O/c1-13-27-19(18-4-2-3-11-26-18)29-21(28-13)30-20(31)16-6-5-15(12-16)14-7-9-17(10-8-14)22(23,24)25/h2-11H,12H2,1H3,(H,27,28,29,30,31). The molecule has 3 aromatic rings. The molecule has 0 bridgehead atoms. The highest BCUT2D eigenvalue weighted by atomic mass is 19.4. The summed E-state index contributed by atoms with van der Waals surface area (Å²) in [5, 5.41) is 2.66. The zero-order valence-electron chi connectivity index (χ0n) is 16.3. The first-order chi connectivity index (χ1) is 14.8. The number of pyridine rings is 1. The number of benzene rings is 1. The summed E-state index contributed by atoms with van der Waals surface area (Å²) in [6.07, 6.45) is 0.868. The molecule has 9 heteroatoms. The summed E-state index contributed by atoms with van der Waals surface area (Å²) < 4.78 is 38.2. The third-order valence-electron chi connectivity index (χ3n) is 4.61. The van der Waals surface area contributed by atoms with Crippen molar-refractivity contribution < 1.29 is 18.0 Å². The number of hydrogen-bond acceptors (Lipinski definition) is 5. The molecule has 0 unspecified atom stereocenters. The van der Waals surface area contributed by atoms with E-state index in [9.17, 15) is 18.0 Å². The lowest BCUT2D eigenvalue weighted by Crippen LogP contribution is -2.17. The number of carbonyl (C=O) groups excluding carboxylic acids is 1. The van der Waals surface area contributed by atoms with Gasteiger partial charge in [-0.2, -0.15) is 23.1 Å². The van der Waals surface area contributed by atoms with Crippen molar-refractivity contribution in [2.45, 2.75) is 19.5 Å². The quantitative estimate of drug-likeness (QED) is 0.663. The van der Waals surface area contributed by atoms with Crippen molar-refractivity contribution in [3.63, 3.8) is 0 Å². The van der Waals surface area contributed by atoms with Crippen LogP contribution in [0.3, 0.4) is 0 Å². The van der Waals surface area contributed by atoms with E-state index < -0.39 is 17.6 Å². The lowest BCUT2D eigenvalue weighted by Gasteiger charge is -2.10. The van der Waals surface area contributed by atoms with Gasteiger partial charge in [-0.05, 0) is 42.3 Å². The highest BCUT2D eigenvalue weighted by Crippen LogP contribution is 2.33. The molecule has 0 fully saturated rings. The number of nitrogens with one attached hydrogen (secondary N) is 1. The van der Waals surface area contributed by atoms with Gasteiger partial charge in [-0.15, -0.1) is 0 Å². The Labute approximate surface area is 175 Å². The molecule has 0 saturated heterocycles. The summed E-state index contributed by atoms with van der Waals surface area (Å²) in [6, 6.07) is 10.2. The van der Waals surface area contributed by atoms with E-state index in [0.29, 0.717) is 28.5 Å². The number of anilines is 1. The van der Waals surface area contributed by atoms with Gasteiger partial charge in [-0.3, -0.25) is 15.1 Å². The summed E-state index contributed by atoms with van der Waals surface area (Å²) >= 11 is 0. The number of alkyl halides is 3. The molecule has 2 aromatic heterocycles. The van der Waals surface area contributed by atoms with Crippen molar-refractivity contribution in [1.29, 1.82) is 0 Å². The van der Waals surface area contributed by atoms with Crippen LogP contribution in [0, 0.1) is 6.92 Å². The average Bonchev–Trinajstić information content (AvgIpc) is 3.24. The second-order valence-electron chi connectivity index (χ2n) is 6.83. The van der Waals surface area contributed by atoms with Gasteiger partial charge in [-0.1, -0.05) is 30.4 Å². The van der Waals surface area contributed by atoms with E-state index >= 15 is 0 Å². The number of aromatic nitrogens is 4. The van der Waals surface area contributed by atoms with Crippen LogP contribution in [0.15, 0.2) is 66.4 Å². The number of aryl methyl sites for hydroxylation is 1. The molecule has 1 amide bonds. The monoisotopic (exact) mass is 423 g/mol. The van der Waals surface area contributed by atoms with E-state index in [0.717, 1.165) is 17.7 Å². The molecular formula is C22H16F3N5O. The van der Waals surface area contributed by atoms with E-state index in [2.05, 4.69) is 25.3 Å². The van der Waals surface area contributed by atoms with E-state index in [1.807, 2.05) is 0 Å². The largest absolute Gasteiger partial charge is 0.416 e. The third kappa shape index (κ3) is 4.66. The van der Waals surface area contributed by atoms with Crippen LogP contribution >= 0.6 is 0 Å². The maximum Gasteiger partial charge on any atom is 0.416 e. The van der Waals surface area contributed by atoms with Gasteiger partial charge >= 0.3 is 6.18 Å². The summed E-state index contributed by atoms with van der Waals surface area (Å²) in [4.78, 5) is 29.5. The lowest BCUT2D eigenvalue weighted by molar-refractivity contribution is -0.137. The first-order valence-electron chi connectivity index (χ1n) is 9.32. The Morgan fingerprint density at radius 1 is 1.00 bits per heavy atom.